The number of para-hydroxylation sites is 1. The summed E-state index contributed by atoms with van der Waals surface area (Å²) in [6, 6.07) is 22.7. The molecule has 0 saturated carbocycles. The molecule has 0 aliphatic carbocycles. The van der Waals surface area contributed by atoms with Crippen molar-refractivity contribution in [3.8, 4) is 17.1 Å². The fourth-order valence-corrected chi connectivity index (χ4v) is 4.03. The molecule has 0 unspecified atom stereocenters. The molecule has 0 bridgehead atoms. The zero-order valence-electron chi connectivity index (χ0n) is 19.2. The second kappa shape index (κ2) is 11.0. The van der Waals surface area contributed by atoms with Crippen LogP contribution in [0.1, 0.15) is 13.8 Å². The number of nitrogens with zero attached hydrogens (tertiary/aromatic N) is 3. The van der Waals surface area contributed by atoms with Crippen molar-refractivity contribution in [3.05, 3.63) is 84.7 Å². The number of benzene rings is 3. The smallest absolute Gasteiger partial charge is 0.234 e. The first-order chi connectivity index (χ1) is 16.9. The molecule has 9 heteroatoms. The van der Waals surface area contributed by atoms with Crippen LogP contribution >= 0.6 is 11.8 Å². The number of amides is 2. The van der Waals surface area contributed by atoms with Crippen LogP contribution in [0.2, 0.25) is 0 Å². The quantitative estimate of drug-likeness (QED) is 0.324. The summed E-state index contributed by atoms with van der Waals surface area (Å²) in [4.78, 5) is 24.6. The standard InChI is InChI=1S/C26H24FN5O2S/c1-17(2)25(34)29-19-10-8-9-18(15-19)28-23(33)16-35-26-31-30-24(21-13-6-7-14-22(21)27)32(26)20-11-4-3-5-12-20/h3-15,17H,16H2,1-2H3,(H,28,33)(H,29,34). The third kappa shape index (κ3) is 5.93. The van der Waals surface area contributed by atoms with Crippen LogP contribution in [-0.2, 0) is 9.59 Å². The zero-order chi connectivity index (χ0) is 24.8. The number of carbonyl (C=O) groups excluding carboxylic acids is 2. The minimum absolute atomic E-state index is 0.0603. The van der Waals surface area contributed by atoms with E-state index in [4.69, 9.17) is 0 Å². The first kappa shape index (κ1) is 24.2. The number of rotatable bonds is 8. The van der Waals surface area contributed by atoms with E-state index < -0.39 is 5.82 Å². The van der Waals surface area contributed by atoms with Crippen LogP contribution < -0.4 is 10.6 Å². The van der Waals surface area contributed by atoms with Crippen LogP contribution in [0.25, 0.3) is 17.1 Å². The maximum absolute atomic E-state index is 14.5. The highest BCUT2D eigenvalue weighted by Crippen LogP contribution is 2.29. The summed E-state index contributed by atoms with van der Waals surface area (Å²) in [5.74, 6) is -0.500. The SMILES string of the molecule is CC(C)C(=O)Nc1cccc(NC(=O)CSc2nnc(-c3ccccc3F)n2-c2ccccc2)c1. The van der Waals surface area contributed by atoms with Gasteiger partial charge in [-0.15, -0.1) is 10.2 Å². The number of carbonyl (C=O) groups is 2. The summed E-state index contributed by atoms with van der Waals surface area (Å²) in [5, 5.41) is 14.6. The van der Waals surface area contributed by atoms with E-state index in [-0.39, 0.29) is 23.5 Å². The molecule has 7 nitrogen and oxygen atoms in total. The lowest BCUT2D eigenvalue weighted by molar-refractivity contribution is -0.119. The van der Waals surface area contributed by atoms with Crippen molar-refractivity contribution >= 4 is 35.0 Å². The van der Waals surface area contributed by atoms with Gasteiger partial charge in [0.25, 0.3) is 0 Å². The first-order valence-corrected chi connectivity index (χ1v) is 12.0. The van der Waals surface area contributed by atoms with Crippen molar-refractivity contribution in [3.63, 3.8) is 0 Å². The molecule has 0 atom stereocenters. The molecule has 4 rings (SSSR count). The van der Waals surface area contributed by atoms with E-state index in [9.17, 15) is 14.0 Å². The molecule has 4 aromatic rings. The number of anilines is 2. The molecular weight excluding hydrogens is 465 g/mol. The molecule has 178 valence electrons. The molecule has 1 aromatic heterocycles. The number of nitrogens with one attached hydrogen (secondary N) is 2. The van der Waals surface area contributed by atoms with Gasteiger partial charge in [-0.25, -0.2) is 4.39 Å². The molecule has 35 heavy (non-hydrogen) atoms. The summed E-state index contributed by atoms with van der Waals surface area (Å²) in [6.45, 7) is 3.62. The van der Waals surface area contributed by atoms with E-state index in [1.165, 1.54) is 17.8 Å². The third-order valence-electron chi connectivity index (χ3n) is 5.03. The molecule has 0 radical (unpaired) electrons. The van der Waals surface area contributed by atoms with Crippen molar-refractivity contribution in [2.24, 2.45) is 5.92 Å². The van der Waals surface area contributed by atoms with Crippen molar-refractivity contribution in [1.82, 2.24) is 14.8 Å². The lowest BCUT2D eigenvalue weighted by Crippen LogP contribution is -2.18. The Kier molecular flexibility index (Phi) is 7.57. The molecule has 1 heterocycles. The van der Waals surface area contributed by atoms with Crippen molar-refractivity contribution in [1.29, 1.82) is 0 Å². The highest BCUT2D eigenvalue weighted by Gasteiger charge is 2.19. The number of hydrogen-bond donors (Lipinski definition) is 2. The fraction of sp³-hybridized carbons (Fsp3) is 0.154. The van der Waals surface area contributed by atoms with E-state index in [1.54, 1.807) is 47.0 Å². The predicted molar refractivity (Wildman–Crippen MR) is 136 cm³/mol. The average molecular weight is 490 g/mol. The Morgan fingerprint density at radius 2 is 1.60 bits per heavy atom. The predicted octanol–water partition coefficient (Wildman–Crippen LogP) is 5.40. The number of halogens is 1. The number of hydrogen-bond acceptors (Lipinski definition) is 5. The number of thioether (sulfide) groups is 1. The lowest BCUT2D eigenvalue weighted by atomic mass is 10.2. The minimum Gasteiger partial charge on any atom is -0.326 e. The molecule has 0 spiro atoms. The Morgan fingerprint density at radius 3 is 2.31 bits per heavy atom. The van der Waals surface area contributed by atoms with Gasteiger partial charge < -0.3 is 10.6 Å². The van der Waals surface area contributed by atoms with Crippen molar-refractivity contribution in [2.45, 2.75) is 19.0 Å². The van der Waals surface area contributed by atoms with E-state index >= 15 is 0 Å². The van der Waals surface area contributed by atoms with Crippen LogP contribution in [0, 0.1) is 11.7 Å². The van der Waals surface area contributed by atoms with Gasteiger partial charge in [-0.3, -0.25) is 14.2 Å². The van der Waals surface area contributed by atoms with Crippen LogP contribution in [0.5, 0.6) is 0 Å². The molecule has 0 aliphatic heterocycles. The fourth-order valence-electron chi connectivity index (χ4n) is 3.28. The molecule has 0 fully saturated rings. The van der Waals surface area contributed by atoms with E-state index in [0.29, 0.717) is 27.9 Å². The van der Waals surface area contributed by atoms with Gasteiger partial charge >= 0.3 is 0 Å². The average Bonchev–Trinajstić information content (AvgIpc) is 3.27. The molecule has 3 aromatic carbocycles. The number of aromatic nitrogens is 3. The Bertz CT molecular complexity index is 1340. The highest BCUT2D eigenvalue weighted by molar-refractivity contribution is 7.99. The minimum atomic E-state index is -0.407. The van der Waals surface area contributed by atoms with Gasteiger partial charge in [-0.2, -0.15) is 0 Å². The van der Waals surface area contributed by atoms with Crippen LogP contribution in [0.3, 0.4) is 0 Å². The third-order valence-corrected chi connectivity index (χ3v) is 5.96. The zero-order valence-corrected chi connectivity index (χ0v) is 20.1. The second-order valence-electron chi connectivity index (χ2n) is 8.02. The maximum Gasteiger partial charge on any atom is 0.234 e. The van der Waals surface area contributed by atoms with Gasteiger partial charge in [0.1, 0.15) is 5.82 Å². The summed E-state index contributed by atoms with van der Waals surface area (Å²) >= 11 is 1.19. The Labute approximate surface area is 206 Å². The molecule has 0 saturated heterocycles. The van der Waals surface area contributed by atoms with Crippen LogP contribution in [0.15, 0.2) is 84.0 Å². The maximum atomic E-state index is 14.5. The van der Waals surface area contributed by atoms with Gasteiger partial charge in [-0.1, -0.05) is 62.0 Å². The molecule has 2 amide bonds. The van der Waals surface area contributed by atoms with Gasteiger partial charge in [0.2, 0.25) is 11.8 Å². The van der Waals surface area contributed by atoms with Gasteiger partial charge in [0.15, 0.2) is 11.0 Å². The van der Waals surface area contributed by atoms with Crippen molar-refractivity contribution in [2.75, 3.05) is 16.4 Å². The Balaban J connectivity index is 1.51. The molecule has 2 N–H and O–H groups in total. The highest BCUT2D eigenvalue weighted by atomic mass is 32.2. The summed E-state index contributed by atoms with van der Waals surface area (Å²) in [7, 11) is 0. The van der Waals surface area contributed by atoms with E-state index in [0.717, 1.165) is 5.69 Å². The van der Waals surface area contributed by atoms with E-state index in [1.807, 2.05) is 44.2 Å². The van der Waals surface area contributed by atoms with Gasteiger partial charge in [0, 0.05) is 23.0 Å². The summed E-state index contributed by atoms with van der Waals surface area (Å²) in [6.07, 6.45) is 0. The lowest BCUT2D eigenvalue weighted by Gasteiger charge is -2.11. The van der Waals surface area contributed by atoms with Gasteiger partial charge in [-0.05, 0) is 42.5 Å². The van der Waals surface area contributed by atoms with Crippen LogP contribution in [-0.4, -0.2) is 32.3 Å². The monoisotopic (exact) mass is 489 g/mol. The summed E-state index contributed by atoms with van der Waals surface area (Å²) < 4.78 is 16.2. The Hall–Kier alpha value is -3.98. The first-order valence-electron chi connectivity index (χ1n) is 11.0. The topological polar surface area (TPSA) is 88.9 Å². The van der Waals surface area contributed by atoms with Gasteiger partial charge in [0.05, 0.1) is 11.3 Å². The molecular formula is C26H24FN5O2S. The Morgan fingerprint density at radius 1 is 0.914 bits per heavy atom. The summed E-state index contributed by atoms with van der Waals surface area (Å²) in [5.41, 5.74) is 2.24. The largest absolute Gasteiger partial charge is 0.326 e. The normalized spacial score (nSPS) is 10.9. The van der Waals surface area contributed by atoms with E-state index in [2.05, 4.69) is 20.8 Å². The second-order valence-corrected chi connectivity index (χ2v) is 8.96. The van der Waals surface area contributed by atoms with Crippen molar-refractivity contribution < 1.29 is 14.0 Å². The van der Waals surface area contributed by atoms with Crippen LogP contribution in [0.4, 0.5) is 15.8 Å². The molecule has 0 aliphatic rings.